The van der Waals surface area contributed by atoms with Crippen LogP contribution in [-0.4, -0.2) is 0 Å². The van der Waals surface area contributed by atoms with Crippen molar-refractivity contribution in [1.29, 1.82) is 0 Å². The maximum Gasteiger partial charge on any atom is 0.0249 e. The third-order valence-electron chi connectivity index (χ3n) is 2.62. The van der Waals surface area contributed by atoms with E-state index in [1.54, 1.807) is 0 Å². The Labute approximate surface area is 103 Å². The largest absolute Gasteiger partial charge is 0.0749 e. The molecule has 1 aromatic carbocycles. The molecule has 0 saturated heterocycles. The molecule has 0 spiro atoms. The smallest absolute Gasteiger partial charge is 0.0249 e. The van der Waals surface area contributed by atoms with Gasteiger partial charge in [-0.3, -0.25) is 0 Å². The first-order valence-corrected chi connectivity index (χ1v) is 5.89. The summed E-state index contributed by atoms with van der Waals surface area (Å²) >= 11 is 0. The Morgan fingerprint density at radius 2 is 1.71 bits per heavy atom. The molecule has 1 aliphatic carbocycles. The van der Waals surface area contributed by atoms with Gasteiger partial charge in [-0.25, -0.2) is 0 Å². The van der Waals surface area contributed by atoms with Crippen LogP contribution in [-0.2, 0) is 0 Å². The summed E-state index contributed by atoms with van der Waals surface area (Å²) in [6.45, 7) is 4.30. The van der Waals surface area contributed by atoms with Gasteiger partial charge in [0.05, 0.1) is 0 Å². The molecule has 0 nitrogen and oxygen atoms in total. The minimum atomic E-state index is 0.449. The lowest BCUT2D eigenvalue weighted by Gasteiger charge is -1.97. The van der Waals surface area contributed by atoms with Crippen LogP contribution < -0.4 is 0 Å². The molecular formula is C17H16. The lowest BCUT2D eigenvalue weighted by Crippen LogP contribution is -1.84. The lowest BCUT2D eigenvalue weighted by molar-refractivity contribution is 0.930. The van der Waals surface area contributed by atoms with Crippen molar-refractivity contribution in [1.82, 2.24) is 0 Å². The van der Waals surface area contributed by atoms with Crippen LogP contribution in [0.2, 0.25) is 0 Å². The van der Waals surface area contributed by atoms with Crippen molar-refractivity contribution in [2.24, 2.45) is 5.92 Å². The molecule has 0 aromatic heterocycles. The van der Waals surface area contributed by atoms with Crippen molar-refractivity contribution >= 4 is 0 Å². The van der Waals surface area contributed by atoms with Gasteiger partial charge in [0, 0.05) is 11.1 Å². The number of hydrogen-bond acceptors (Lipinski definition) is 0. The fraction of sp³-hybridized carbons (Fsp3) is 0.176. The van der Waals surface area contributed by atoms with E-state index < -0.39 is 0 Å². The predicted octanol–water partition coefficient (Wildman–Crippen LogP) is 4.12. The Morgan fingerprint density at radius 3 is 2.47 bits per heavy atom. The van der Waals surface area contributed by atoms with E-state index in [-0.39, 0.29) is 0 Å². The van der Waals surface area contributed by atoms with Crippen molar-refractivity contribution < 1.29 is 0 Å². The van der Waals surface area contributed by atoms with E-state index in [1.807, 2.05) is 30.3 Å². The molecule has 0 aliphatic heterocycles. The minimum Gasteiger partial charge on any atom is -0.0749 e. The number of benzene rings is 1. The predicted molar refractivity (Wildman–Crippen MR) is 73.5 cm³/mol. The first kappa shape index (κ1) is 11.5. The van der Waals surface area contributed by atoms with Crippen LogP contribution >= 0.6 is 0 Å². The molecular weight excluding hydrogens is 204 g/mol. The summed E-state index contributed by atoms with van der Waals surface area (Å²) < 4.78 is 0. The van der Waals surface area contributed by atoms with E-state index in [9.17, 15) is 0 Å². The summed E-state index contributed by atoms with van der Waals surface area (Å²) in [6, 6.07) is 10.1. The number of rotatable bonds is 0. The SMILES string of the molecule is CC1=CC(C)C=C(C#Cc2ccccc2)C=C1. The fourth-order valence-corrected chi connectivity index (χ4v) is 1.83. The van der Waals surface area contributed by atoms with Crippen LogP contribution in [0.5, 0.6) is 0 Å². The van der Waals surface area contributed by atoms with Crippen LogP contribution in [0.3, 0.4) is 0 Å². The van der Waals surface area contributed by atoms with E-state index in [0.717, 1.165) is 11.1 Å². The minimum absolute atomic E-state index is 0.449. The van der Waals surface area contributed by atoms with Crippen molar-refractivity contribution in [3.05, 3.63) is 71.3 Å². The molecule has 1 unspecified atom stereocenters. The number of allylic oxidation sites excluding steroid dienone is 6. The molecule has 0 N–H and O–H groups in total. The van der Waals surface area contributed by atoms with E-state index in [1.165, 1.54) is 5.57 Å². The zero-order valence-electron chi connectivity index (χ0n) is 10.3. The maximum absolute atomic E-state index is 3.22. The molecule has 1 atom stereocenters. The van der Waals surface area contributed by atoms with Gasteiger partial charge in [-0.2, -0.15) is 0 Å². The summed E-state index contributed by atoms with van der Waals surface area (Å²) in [7, 11) is 0. The van der Waals surface area contributed by atoms with E-state index >= 15 is 0 Å². The summed E-state index contributed by atoms with van der Waals surface area (Å²) in [5, 5.41) is 0. The molecule has 2 rings (SSSR count). The fourth-order valence-electron chi connectivity index (χ4n) is 1.83. The van der Waals surface area contributed by atoms with Crippen molar-refractivity contribution in [3.8, 4) is 11.8 Å². The molecule has 17 heavy (non-hydrogen) atoms. The average Bonchev–Trinajstić information content (AvgIpc) is 2.49. The molecule has 1 aromatic rings. The summed E-state index contributed by atoms with van der Waals surface area (Å²) in [6.07, 6.45) is 8.65. The molecule has 0 bridgehead atoms. The van der Waals surface area contributed by atoms with E-state index in [0.29, 0.717) is 5.92 Å². The van der Waals surface area contributed by atoms with Crippen molar-refractivity contribution in [2.75, 3.05) is 0 Å². The topological polar surface area (TPSA) is 0 Å². The molecule has 84 valence electrons. The third-order valence-corrected chi connectivity index (χ3v) is 2.62. The Kier molecular flexibility index (Phi) is 3.62. The second kappa shape index (κ2) is 5.37. The Balaban J connectivity index is 2.21. The normalized spacial score (nSPS) is 18.6. The lowest BCUT2D eigenvalue weighted by atomic mass is 10.1. The highest BCUT2D eigenvalue weighted by Gasteiger charge is 1.99. The molecule has 0 fully saturated rings. The molecule has 0 heterocycles. The first-order valence-electron chi connectivity index (χ1n) is 5.89. The Morgan fingerprint density at radius 1 is 0.941 bits per heavy atom. The van der Waals surface area contributed by atoms with Gasteiger partial charge in [-0.05, 0) is 31.1 Å². The molecule has 1 aliphatic rings. The third kappa shape index (κ3) is 3.50. The first-order chi connectivity index (χ1) is 8.24. The highest BCUT2D eigenvalue weighted by Crippen LogP contribution is 2.14. The van der Waals surface area contributed by atoms with Gasteiger partial charge in [0.2, 0.25) is 0 Å². The van der Waals surface area contributed by atoms with Crippen LogP contribution in [0.15, 0.2) is 65.8 Å². The van der Waals surface area contributed by atoms with Gasteiger partial charge < -0.3 is 0 Å². The van der Waals surface area contributed by atoms with Gasteiger partial charge in [-0.1, -0.05) is 60.8 Å². The Hall–Kier alpha value is -2.00. The highest BCUT2D eigenvalue weighted by atomic mass is 14.0. The summed E-state index contributed by atoms with van der Waals surface area (Å²) in [5.74, 6) is 6.85. The maximum atomic E-state index is 3.22. The van der Waals surface area contributed by atoms with Crippen molar-refractivity contribution in [3.63, 3.8) is 0 Å². The number of hydrogen-bond donors (Lipinski definition) is 0. The van der Waals surface area contributed by atoms with Gasteiger partial charge in [0.25, 0.3) is 0 Å². The molecule has 0 amide bonds. The summed E-state index contributed by atoms with van der Waals surface area (Å²) in [4.78, 5) is 0. The van der Waals surface area contributed by atoms with E-state index in [4.69, 9.17) is 0 Å². The average molecular weight is 220 g/mol. The standard InChI is InChI=1S/C17H16/c1-14-8-9-17(13-15(2)12-14)11-10-16-6-4-3-5-7-16/h3-9,12-13,15H,1-2H3. The van der Waals surface area contributed by atoms with Gasteiger partial charge in [0.15, 0.2) is 0 Å². The Bertz CT molecular complexity index is 530. The highest BCUT2D eigenvalue weighted by molar-refractivity contribution is 5.47. The summed E-state index contributed by atoms with van der Waals surface area (Å²) in [5.41, 5.74) is 3.45. The second-order valence-corrected chi connectivity index (χ2v) is 4.34. The van der Waals surface area contributed by atoms with Crippen LogP contribution in [0.4, 0.5) is 0 Å². The molecule has 0 heteroatoms. The van der Waals surface area contributed by atoms with Crippen molar-refractivity contribution in [2.45, 2.75) is 13.8 Å². The quantitative estimate of drug-likeness (QED) is 0.577. The van der Waals surface area contributed by atoms with E-state index in [2.05, 4.69) is 50.0 Å². The van der Waals surface area contributed by atoms with Crippen LogP contribution in [0.25, 0.3) is 0 Å². The zero-order chi connectivity index (χ0) is 12.1. The molecule has 0 radical (unpaired) electrons. The van der Waals surface area contributed by atoms with Gasteiger partial charge >= 0.3 is 0 Å². The van der Waals surface area contributed by atoms with Crippen LogP contribution in [0, 0.1) is 17.8 Å². The second-order valence-electron chi connectivity index (χ2n) is 4.34. The van der Waals surface area contributed by atoms with Crippen LogP contribution in [0.1, 0.15) is 19.4 Å². The van der Waals surface area contributed by atoms with Gasteiger partial charge in [-0.15, -0.1) is 0 Å². The zero-order valence-corrected chi connectivity index (χ0v) is 10.3. The molecule has 0 saturated carbocycles. The van der Waals surface area contributed by atoms with Gasteiger partial charge in [0.1, 0.15) is 0 Å². The monoisotopic (exact) mass is 220 g/mol.